The Hall–Kier alpha value is -0.700. The number of ether oxygens (including phenoxy) is 1. The Kier molecular flexibility index (Phi) is 5.93. The molecule has 3 fully saturated rings. The fourth-order valence-electron chi connectivity index (χ4n) is 5.49. The van der Waals surface area contributed by atoms with Gasteiger partial charge in [-0.3, -0.25) is 9.69 Å². The molecule has 0 radical (unpaired) electrons. The number of rotatable bonds is 6. The highest BCUT2D eigenvalue weighted by molar-refractivity contribution is 7.89. The van der Waals surface area contributed by atoms with Gasteiger partial charge in [0.1, 0.15) is 0 Å². The molecule has 3 heterocycles. The van der Waals surface area contributed by atoms with Crippen LogP contribution >= 0.6 is 0 Å². The quantitative estimate of drug-likeness (QED) is 0.660. The number of carbonyl (C=O) groups is 1. The van der Waals surface area contributed by atoms with Crippen molar-refractivity contribution in [1.82, 2.24) is 14.1 Å². The lowest BCUT2D eigenvalue weighted by atomic mass is 9.60. The van der Waals surface area contributed by atoms with Crippen LogP contribution in [0.2, 0.25) is 0 Å². The van der Waals surface area contributed by atoms with E-state index in [9.17, 15) is 13.2 Å². The Balaban J connectivity index is 1.80. The van der Waals surface area contributed by atoms with Crippen molar-refractivity contribution in [3.05, 3.63) is 0 Å². The van der Waals surface area contributed by atoms with E-state index in [0.29, 0.717) is 19.7 Å². The summed E-state index contributed by atoms with van der Waals surface area (Å²) in [6.45, 7) is 8.88. The summed E-state index contributed by atoms with van der Waals surface area (Å²) in [6, 6.07) is 0. The Bertz CT molecular complexity index is 658. The van der Waals surface area contributed by atoms with Gasteiger partial charge in [-0.1, -0.05) is 13.8 Å². The molecule has 0 aliphatic carbocycles. The van der Waals surface area contributed by atoms with E-state index in [2.05, 4.69) is 4.90 Å². The van der Waals surface area contributed by atoms with Gasteiger partial charge in [-0.05, 0) is 25.2 Å². The minimum Gasteiger partial charge on any atom is -0.383 e. The Morgan fingerprint density at radius 1 is 1.11 bits per heavy atom. The third kappa shape index (κ3) is 3.66. The molecule has 0 aromatic rings. The lowest BCUT2D eigenvalue weighted by Gasteiger charge is -2.46. The van der Waals surface area contributed by atoms with Crippen LogP contribution in [0.5, 0.6) is 0 Å². The second-order valence-corrected chi connectivity index (χ2v) is 11.1. The Morgan fingerprint density at radius 2 is 1.78 bits per heavy atom. The van der Waals surface area contributed by atoms with Crippen molar-refractivity contribution in [3.63, 3.8) is 0 Å². The maximum absolute atomic E-state index is 13.2. The average Bonchev–Trinajstić information content (AvgIpc) is 3.05. The summed E-state index contributed by atoms with van der Waals surface area (Å²) in [7, 11) is 0.385. The molecule has 0 aromatic carbocycles. The standard InChI is InChI=1S/C19H35N3O4S/c1-16(2)13-27(24,25)22-9-5-18(6-10-22)14-21(11-12-26-4)15-19(18)7-8-20(3)17(19)23/h16H,5-15H2,1-4H3. The number of hydrogen-bond donors (Lipinski definition) is 0. The van der Waals surface area contributed by atoms with E-state index < -0.39 is 10.0 Å². The van der Waals surface area contributed by atoms with Gasteiger partial charge in [0.2, 0.25) is 15.9 Å². The predicted molar refractivity (Wildman–Crippen MR) is 105 cm³/mol. The zero-order valence-electron chi connectivity index (χ0n) is 17.2. The first kappa shape index (κ1) is 21.0. The summed E-state index contributed by atoms with van der Waals surface area (Å²) in [5, 5.41) is 0. The maximum Gasteiger partial charge on any atom is 0.230 e. The van der Waals surface area contributed by atoms with E-state index in [1.54, 1.807) is 11.4 Å². The number of hydrogen-bond acceptors (Lipinski definition) is 5. The SMILES string of the molecule is COCCN1CC2(CCN(S(=O)(=O)CC(C)C)CC2)C2(CCN(C)C2=O)C1. The fourth-order valence-corrected chi connectivity index (χ4v) is 7.28. The van der Waals surface area contributed by atoms with Crippen LogP contribution in [0.15, 0.2) is 0 Å². The van der Waals surface area contributed by atoms with Gasteiger partial charge in [0.25, 0.3) is 0 Å². The van der Waals surface area contributed by atoms with Crippen molar-refractivity contribution in [2.24, 2.45) is 16.7 Å². The molecule has 3 aliphatic rings. The Morgan fingerprint density at radius 3 is 2.30 bits per heavy atom. The molecule has 2 spiro atoms. The van der Waals surface area contributed by atoms with Crippen LogP contribution in [-0.4, -0.2) is 94.2 Å². The molecular formula is C19H35N3O4S. The molecule has 3 aliphatic heterocycles. The van der Waals surface area contributed by atoms with Crippen molar-refractivity contribution >= 4 is 15.9 Å². The molecule has 3 saturated heterocycles. The van der Waals surface area contributed by atoms with Crippen LogP contribution in [0, 0.1) is 16.7 Å². The summed E-state index contributed by atoms with van der Waals surface area (Å²) < 4.78 is 32.2. The summed E-state index contributed by atoms with van der Waals surface area (Å²) in [5.41, 5.74) is -0.476. The number of carbonyl (C=O) groups excluding carboxylic acids is 1. The highest BCUT2D eigenvalue weighted by Gasteiger charge is 2.64. The van der Waals surface area contributed by atoms with Gasteiger partial charge < -0.3 is 9.64 Å². The number of methoxy groups -OCH3 is 1. The van der Waals surface area contributed by atoms with Crippen molar-refractivity contribution in [2.75, 3.05) is 65.8 Å². The molecule has 8 heteroatoms. The highest BCUT2D eigenvalue weighted by Crippen LogP contribution is 2.57. The lowest BCUT2D eigenvalue weighted by molar-refractivity contribution is -0.140. The molecule has 27 heavy (non-hydrogen) atoms. The first-order valence-electron chi connectivity index (χ1n) is 10.1. The first-order valence-corrected chi connectivity index (χ1v) is 11.7. The molecular weight excluding hydrogens is 366 g/mol. The van der Waals surface area contributed by atoms with Gasteiger partial charge >= 0.3 is 0 Å². The number of fused-ring (bicyclic) bond motifs is 1. The van der Waals surface area contributed by atoms with Crippen LogP contribution in [0.4, 0.5) is 0 Å². The normalized spacial score (nSPS) is 29.7. The number of likely N-dealkylation sites (tertiary alicyclic amines) is 2. The number of amides is 1. The molecule has 156 valence electrons. The van der Waals surface area contributed by atoms with Crippen LogP contribution in [0.3, 0.4) is 0 Å². The number of sulfonamides is 1. The summed E-state index contributed by atoms with van der Waals surface area (Å²) in [5.74, 6) is 0.575. The van der Waals surface area contributed by atoms with Gasteiger partial charge in [-0.2, -0.15) is 0 Å². The van der Waals surface area contributed by atoms with Crippen LogP contribution in [0.1, 0.15) is 33.1 Å². The molecule has 3 rings (SSSR count). The fraction of sp³-hybridized carbons (Fsp3) is 0.947. The van der Waals surface area contributed by atoms with Crippen molar-refractivity contribution in [1.29, 1.82) is 0 Å². The third-order valence-corrected chi connectivity index (χ3v) is 9.13. The first-order chi connectivity index (χ1) is 12.7. The smallest absolute Gasteiger partial charge is 0.230 e. The van der Waals surface area contributed by atoms with Crippen molar-refractivity contribution in [2.45, 2.75) is 33.1 Å². The van der Waals surface area contributed by atoms with E-state index >= 15 is 0 Å². The molecule has 1 unspecified atom stereocenters. The highest BCUT2D eigenvalue weighted by atomic mass is 32.2. The van der Waals surface area contributed by atoms with Gasteiger partial charge in [-0.25, -0.2) is 12.7 Å². The zero-order valence-corrected chi connectivity index (χ0v) is 18.1. The summed E-state index contributed by atoms with van der Waals surface area (Å²) in [4.78, 5) is 17.4. The molecule has 0 N–H and O–H groups in total. The number of nitrogens with zero attached hydrogens (tertiary/aromatic N) is 3. The zero-order chi connectivity index (χ0) is 19.9. The van der Waals surface area contributed by atoms with E-state index in [-0.39, 0.29) is 28.4 Å². The van der Waals surface area contributed by atoms with Crippen LogP contribution in [-0.2, 0) is 19.6 Å². The Labute approximate surface area is 164 Å². The average molecular weight is 402 g/mol. The maximum atomic E-state index is 13.2. The summed E-state index contributed by atoms with van der Waals surface area (Å²) in [6.07, 6.45) is 2.42. The lowest BCUT2D eigenvalue weighted by Crippen LogP contribution is -2.53. The van der Waals surface area contributed by atoms with Gasteiger partial charge in [0.05, 0.1) is 17.8 Å². The molecule has 0 aromatic heterocycles. The van der Waals surface area contributed by atoms with E-state index in [1.807, 2.05) is 25.8 Å². The van der Waals surface area contributed by atoms with E-state index in [0.717, 1.165) is 45.4 Å². The minimum absolute atomic E-state index is 0.119. The molecule has 0 saturated carbocycles. The van der Waals surface area contributed by atoms with Gasteiger partial charge in [-0.15, -0.1) is 0 Å². The van der Waals surface area contributed by atoms with E-state index in [4.69, 9.17) is 4.74 Å². The number of piperidine rings is 1. The molecule has 0 bridgehead atoms. The second-order valence-electron chi connectivity index (χ2n) is 9.11. The monoisotopic (exact) mass is 401 g/mol. The third-order valence-electron chi connectivity index (χ3n) is 6.89. The van der Waals surface area contributed by atoms with Crippen LogP contribution < -0.4 is 0 Å². The van der Waals surface area contributed by atoms with Gasteiger partial charge in [0, 0.05) is 58.8 Å². The molecule has 1 amide bonds. The topological polar surface area (TPSA) is 70.2 Å². The molecule has 1 atom stereocenters. The minimum atomic E-state index is -3.21. The van der Waals surface area contributed by atoms with Crippen LogP contribution in [0.25, 0.3) is 0 Å². The van der Waals surface area contributed by atoms with E-state index in [1.165, 1.54) is 0 Å². The predicted octanol–water partition coefficient (Wildman–Crippen LogP) is 0.865. The largest absolute Gasteiger partial charge is 0.383 e. The molecule has 7 nitrogen and oxygen atoms in total. The van der Waals surface area contributed by atoms with Crippen molar-refractivity contribution < 1.29 is 17.9 Å². The van der Waals surface area contributed by atoms with Crippen molar-refractivity contribution in [3.8, 4) is 0 Å². The second kappa shape index (κ2) is 7.61. The summed E-state index contributed by atoms with van der Waals surface area (Å²) >= 11 is 0. The van der Waals surface area contributed by atoms with Gasteiger partial charge in [0.15, 0.2) is 0 Å².